The Balaban J connectivity index is 1.77. The highest BCUT2D eigenvalue weighted by Gasteiger charge is 2.21. The number of aryl methyl sites for hydroxylation is 2. The van der Waals surface area contributed by atoms with E-state index in [1.54, 1.807) is 20.3 Å². The lowest BCUT2D eigenvalue weighted by Gasteiger charge is -2.17. The Kier molecular flexibility index (Phi) is 8.16. The van der Waals surface area contributed by atoms with Gasteiger partial charge in [0.2, 0.25) is 0 Å². The first kappa shape index (κ1) is 24.4. The first-order valence-corrected chi connectivity index (χ1v) is 11.5. The van der Waals surface area contributed by atoms with Crippen LogP contribution in [0.1, 0.15) is 40.3 Å². The zero-order valence-corrected chi connectivity index (χ0v) is 20.4. The lowest BCUT2D eigenvalue weighted by atomic mass is 10.0. The van der Waals surface area contributed by atoms with Crippen LogP contribution in [0.25, 0.3) is 0 Å². The van der Waals surface area contributed by atoms with E-state index in [9.17, 15) is 4.79 Å². The lowest BCUT2D eigenvalue weighted by molar-refractivity contribution is 0.102. The number of benzene rings is 2. The zero-order chi connectivity index (χ0) is 24.0. The van der Waals surface area contributed by atoms with Crippen molar-refractivity contribution in [2.75, 3.05) is 20.0 Å². The molecule has 7 nitrogen and oxygen atoms in total. The molecule has 3 aromatic rings. The number of ketones is 1. The molecule has 0 spiro atoms. The maximum Gasteiger partial charge on any atom is 0.192 e. The second-order valence-electron chi connectivity index (χ2n) is 7.50. The van der Waals surface area contributed by atoms with Crippen LogP contribution in [0.4, 0.5) is 0 Å². The summed E-state index contributed by atoms with van der Waals surface area (Å²) in [6.07, 6.45) is 1.39. The van der Waals surface area contributed by atoms with Gasteiger partial charge in [-0.05, 0) is 56.2 Å². The van der Waals surface area contributed by atoms with E-state index < -0.39 is 0 Å². The minimum Gasteiger partial charge on any atom is -0.496 e. The number of para-hydroxylation sites is 2. The van der Waals surface area contributed by atoms with Crippen molar-refractivity contribution in [2.24, 2.45) is 0 Å². The molecule has 174 valence electrons. The molecule has 33 heavy (non-hydrogen) atoms. The highest BCUT2D eigenvalue weighted by molar-refractivity contribution is 7.99. The van der Waals surface area contributed by atoms with Gasteiger partial charge in [-0.1, -0.05) is 30.0 Å². The van der Waals surface area contributed by atoms with Gasteiger partial charge in [0.05, 0.1) is 20.0 Å². The highest BCUT2D eigenvalue weighted by atomic mass is 32.2. The molecule has 3 rings (SSSR count). The van der Waals surface area contributed by atoms with Gasteiger partial charge in [-0.15, -0.1) is 16.8 Å². The molecular formula is C25H29N3O4S. The quantitative estimate of drug-likeness (QED) is 0.218. The van der Waals surface area contributed by atoms with Gasteiger partial charge >= 0.3 is 0 Å². The third kappa shape index (κ3) is 5.57. The number of ether oxygens (including phenoxy) is 3. The third-order valence-corrected chi connectivity index (χ3v) is 6.13. The van der Waals surface area contributed by atoms with Crippen LogP contribution in [-0.2, 0) is 6.54 Å². The number of Topliss-reactive ketones (excluding diaryl/α,β-unsaturated/α-hetero) is 1. The molecule has 0 aliphatic rings. The van der Waals surface area contributed by atoms with Gasteiger partial charge in [0, 0.05) is 12.1 Å². The molecule has 1 heterocycles. The Labute approximate surface area is 198 Å². The molecule has 0 bridgehead atoms. The predicted molar refractivity (Wildman–Crippen MR) is 130 cm³/mol. The van der Waals surface area contributed by atoms with Crippen LogP contribution in [0.2, 0.25) is 0 Å². The molecule has 2 aromatic carbocycles. The third-order valence-electron chi connectivity index (χ3n) is 5.17. The molecule has 0 saturated heterocycles. The first-order valence-electron chi connectivity index (χ1n) is 10.5. The smallest absolute Gasteiger partial charge is 0.192 e. The molecule has 0 aliphatic carbocycles. The zero-order valence-electron chi connectivity index (χ0n) is 19.6. The molecule has 0 amide bonds. The molecular weight excluding hydrogens is 438 g/mol. The standard InChI is InChI=1S/C25H29N3O4S/c1-7-12-28-24(18(4)32-22-11-9-8-10-21(22)30-5)26-27-25(28)33-15-20(29)19-13-17(3)23(31-6)14-16(19)2/h7-11,13-14,18H,1,12,15H2,2-6H3. The predicted octanol–water partition coefficient (Wildman–Crippen LogP) is 5.21. The Bertz CT molecular complexity index is 1140. The number of thioether (sulfide) groups is 1. The summed E-state index contributed by atoms with van der Waals surface area (Å²) in [5, 5.41) is 9.30. The summed E-state index contributed by atoms with van der Waals surface area (Å²) in [5.41, 5.74) is 2.50. The maximum atomic E-state index is 12.9. The summed E-state index contributed by atoms with van der Waals surface area (Å²) in [6.45, 7) is 10.1. The molecule has 8 heteroatoms. The highest BCUT2D eigenvalue weighted by Crippen LogP contribution is 2.31. The number of rotatable bonds is 11. The normalized spacial score (nSPS) is 11.7. The van der Waals surface area contributed by atoms with Gasteiger partial charge < -0.3 is 14.2 Å². The minimum absolute atomic E-state index is 0.0243. The van der Waals surface area contributed by atoms with E-state index in [1.165, 1.54) is 11.8 Å². The topological polar surface area (TPSA) is 75.5 Å². The summed E-state index contributed by atoms with van der Waals surface area (Å²) < 4.78 is 18.7. The van der Waals surface area contributed by atoms with Gasteiger partial charge in [-0.2, -0.15) is 0 Å². The largest absolute Gasteiger partial charge is 0.496 e. The first-order chi connectivity index (χ1) is 15.9. The van der Waals surface area contributed by atoms with Gasteiger partial charge in [-0.25, -0.2) is 0 Å². The Morgan fingerprint density at radius 2 is 1.79 bits per heavy atom. The Morgan fingerprint density at radius 3 is 2.45 bits per heavy atom. The van der Waals surface area contributed by atoms with Gasteiger partial charge in [0.15, 0.2) is 34.4 Å². The van der Waals surface area contributed by atoms with E-state index in [4.69, 9.17) is 14.2 Å². The van der Waals surface area contributed by atoms with Crippen LogP contribution < -0.4 is 14.2 Å². The van der Waals surface area contributed by atoms with Crippen LogP contribution in [-0.4, -0.2) is 40.5 Å². The second kappa shape index (κ2) is 11.0. The van der Waals surface area contributed by atoms with E-state index in [0.717, 1.165) is 16.9 Å². The molecule has 0 N–H and O–H groups in total. The molecule has 1 atom stereocenters. The number of methoxy groups -OCH3 is 2. The number of hydrogen-bond donors (Lipinski definition) is 0. The maximum absolute atomic E-state index is 12.9. The molecule has 0 fully saturated rings. The summed E-state index contributed by atoms with van der Waals surface area (Å²) >= 11 is 1.35. The number of hydrogen-bond acceptors (Lipinski definition) is 7. The van der Waals surface area contributed by atoms with Gasteiger partial charge in [0.1, 0.15) is 5.75 Å². The van der Waals surface area contributed by atoms with Crippen LogP contribution in [0.15, 0.2) is 54.2 Å². The van der Waals surface area contributed by atoms with E-state index in [-0.39, 0.29) is 17.6 Å². The van der Waals surface area contributed by atoms with Crippen LogP contribution in [0, 0.1) is 13.8 Å². The second-order valence-corrected chi connectivity index (χ2v) is 8.44. The van der Waals surface area contributed by atoms with Crippen LogP contribution in [0.5, 0.6) is 17.2 Å². The molecule has 0 aliphatic heterocycles. The van der Waals surface area contributed by atoms with Crippen molar-refractivity contribution in [3.05, 3.63) is 71.6 Å². The monoisotopic (exact) mass is 467 g/mol. The fourth-order valence-electron chi connectivity index (χ4n) is 3.49. The van der Waals surface area contributed by atoms with Crippen molar-refractivity contribution >= 4 is 17.5 Å². The summed E-state index contributed by atoms with van der Waals surface area (Å²) in [5.74, 6) is 2.95. The van der Waals surface area contributed by atoms with Crippen LogP contribution in [0.3, 0.4) is 0 Å². The Hall–Kier alpha value is -3.26. The summed E-state index contributed by atoms with van der Waals surface area (Å²) in [6, 6.07) is 11.2. The van der Waals surface area contributed by atoms with Crippen LogP contribution >= 0.6 is 11.8 Å². The van der Waals surface area contributed by atoms with Gasteiger partial charge in [-0.3, -0.25) is 9.36 Å². The summed E-state index contributed by atoms with van der Waals surface area (Å²) in [4.78, 5) is 12.9. The van der Waals surface area contributed by atoms with Gasteiger partial charge in [0.25, 0.3) is 0 Å². The number of aromatic nitrogens is 3. The van der Waals surface area contributed by atoms with Crippen molar-refractivity contribution in [2.45, 2.75) is 38.6 Å². The molecule has 1 aromatic heterocycles. The van der Waals surface area contributed by atoms with E-state index >= 15 is 0 Å². The van der Waals surface area contributed by atoms with Crippen molar-refractivity contribution in [1.82, 2.24) is 14.8 Å². The number of carbonyl (C=O) groups is 1. The van der Waals surface area contributed by atoms with E-state index in [0.29, 0.717) is 34.6 Å². The lowest BCUT2D eigenvalue weighted by Crippen LogP contribution is -2.13. The fraction of sp³-hybridized carbons (Fsp3) is 0.320. The molecule has 0 radical (unpaired) electrons. The number of allylic oxidation sites excluding steroid dienone is 1. The average Bonchev–Trinajstić information content (AvgIpc) is 3.21. The molecule has 1 unspecified atom stereocenters. The Morgan fingerprint density at radius 1 is 1.09 bits per heavy atom. The SMILES string of the molecule is C=CCn1c(SCC(=O)c2cc(C)c(OC)cc2C)nnc1C(C)Oc1ccccc1OC. The fourth-order valence-corrected chi connectivity index (χ4v) is 4.32. The van der Waals surface area contributed by atoms with Crippen molar-refractivity contribution in [3.8, 4) is 17.2 Å². The molecule has 0 saturated carbocycles. The van der Waals surface area contributed by atoms with E-state index in [1.807, 2.05) is 61.7 Å². The van der Waals surface area contributed by atoms with Crippen molar-refractivity contribution in [1.29, 1.82) is 0 Å². The summed E-state index contributed by atoms with van der Waals surface area (Å²) in [7, 11) is 3.23. The number of carbonyl (C=O) groups excluding carboxylic acids is 1. The number of nitrogens with zero attached hydrogens (tertiary/aromatic N) is 3. The van der Waals surface area contributed by atoms with E-state index in [2.05, 4.69) is 16.8 Å². The minimum atomic E-state index is -0.384. The van der Waals surface area contributed by atoms with Crippen molar-refractivity contribution in [3.63, 3.8) is 0 Å². The average molecular weight is 468 g/mol. The van der Waals surface area contributed by atoms with Crippen molar-refractivity contribution < 1.29 is 19.0 Å².